The molecule has 0 aliphatic heterocycles. The molecule has 0 N–H and O–H groups in total. The summed E-state index contributed by atoms with van der Waals surface area (Å²) in [6.45, 7) is 1.73. The quantitative estimate of drug-likeness (QED) is 0.683. The standard InChI is InChI=1S/C14H11ClN2O2S/c1-10-9-12-13(7-8-14(15)16-12)17(10)20(18,19)11-5-3-2-4-6-11/h2-9H,1H3. The maximum Gasteiger partial charge on any atom is 0.268 e. The Balaban J connectivity index is 2.32. The van der Waals surface area contributed by atoms with E-state index in [1.165, 1.54) is 3.97 Å². The molecule has 0 bridgehead atoms. The zero-order chi connectivity index (χ0) is 14.3. The number of hydrogen-bond acceptors (Lipinski definition) is 3. The second-order valence-corrected chi connectivity index (χ2v) is 6.58. The number of rotatable bonds is 2. The monoisotopic (exact) mass is 306 g/mol. The normalized spacial score (nSPS) is 11.9. The Hall–Kier alpha value is -1.85. The highest BCUT2D eigenvalue weighted by molar-refractivity contribution is 7.90. The van der Waals surface area contributed by atoms with Crippen LogP contribution in [0, 0.1) is 6.92 Å². The minimum atomic E-state index is -3.63. The lowest BCUT2D eigenvalue weighted by molar-refractivity contribution is 0.588. The van der Waals surface area contributed by atoms with Gasteiger partial charge in [0.05, 0.1) is 15.9 Å². The molecular formula is C14H11ClN2O2S. The Bertz CT molecular complexity index is 886. The second-order valence-electron chi connectivity index (χ2n) is 4.41. The molecule has 0 aliphatic rings. The molecule has 4 nitrogen and oxygen atoms in total. The van der Waals surface area contributed by atoms with E-state index in [-0.39, 0.29) is 4.90 Å². The molecule has 1 aromatic carbocycles. The van der Waals surface area contributed by atoms with Crippen LogP contribution >= 0.6 is 11.6 Å². The van der Waals surface area contributed by atoms with Gasteiger partial charge in [-0.25, -0.2) is 17.4 Å². The molecule has 3 aromatic rings. The smallest absolute Gasteiger partial charge is 0.237 e. The minimum Gasteiger partial charge on any atom is -0.237 e. The first-order chi connectivity index (χ1) is 9.50. The molecule has 2 aromatic heterocycles. The lowest BCUT2D eigenvalue weighted by Gasteiger charge is -2.09. The molecule has 0 fully saturated rings. The van der Waals surface area contributed by atoms with Crippen LogP contribution in [0.2, 0.25) is 5.15 Å². The van der Waals surface area contributed by atoms with E-state index in [1.807, 2.05) is 0 Å². The van der Waals surface area contributed by atoms with Crippen LogP contribution in [0.4, 0.5) is 0 Å². The summed E-state index contributed by atoms with van der Waals surface area (Å²) >= 11 is 5.84. The third kappa shape index (κ3) is 1.99. The van der Waals surface area contributed by atoms with Crippen LogP contribution in [0.3, 0.4) is 0 Å². The van der Waals surface area contributed by atoms with Gasteiger partial charge >= 0.3 is 0 Å². The summed E-state index contributed by atoms with van der Waals surface area (Å²) in [5.74, 6) is 0. The number of benzene rings is 1. The first kappa shape index (κ1) is 13.1. The van der Waals surface area contributed by atoms with Crippen molar-refractivity contribution in [1.82, 2.24) is 8.96 Å². The minimum absolute atomic E-state index is 0.246. The van der Waals surface area contributed by atoms with Crippen LogP contribution in [-0.2, 0) is 10.0 Å². The van der Waals surface area contributed by atoms with Crippen molar-refractivity contribution in [1.29, 1.82) is 0 Å². The third-order valence-electron chi connectivity index (χ3n) is 3.03. The maximum atomic E-state index is 12.7. The Labute approximate surface area is 121 Å². The van der Waals surface area contributed by atoms with Crippen LogP contribution in [0.25, 0.3) is 11.0 Å². The molecule has 0 atom stereocenters. The Kier molecular flexibility index (Phi) is 3.03. The van der Waals surface area contributed by atoms with E-state index in [2.05, 4.69) is 4.98 Å². The predicted molar refractivity (Wildman–Crippen MR) is 78.5 cm³/mol. The number of hydrogen-bond donors (Lipinski definition) is 0. The topological polar surface area (TPSA) is 52.0 Å². The number of pyridine rings is 1. The lowest BCUT2D eigenvalue weighted by atomic mass is 10.4. The van der Waals surface area contributed by atoms with Crippen LogP contribution in [0.5, 0.6) is 0 Å². The van der Waals surface area contributed by atoms with Crippen LogP contribution in [0.1, 0.15) is 5.69 Å². The molecule has 0 amide bonds. The largest absolute Gasteiger partial charge is 0.268 e. The number of fused-ring (bicyclic) bond motifs is 1. The van der Waals surface area contributed by atoms with E-state index in [0.29, 0.717) is 21.9 Å². The van der Waals surface area contributed by atoms with Crippen molar-refractivity contribution in [3.63, 3.8) is 0 Å². The molecule has 0 aliphatic carbocycles. The zero-order valence-corrected chi connectivity index (χ0v) is 12.2. The molecule has 0 radical (unpaired) electrons. The van der Waals surface area contributed by atoms with E-state index < -0.39 is 10.0 Å². The Morgan fingerprint density at radius 2 is 1.80 bits per heavy atom. The van der Waals surface area contributed by atoms with Crippen molar-refractivity contribution in [2.45, 2.75) is 11.8 Å². The Morgan fingerprint density at radius 1 is 1.10 bits per heavy atom. The van der Waals surface area contributed by atoms with Gasteiger partial charge in [-0.15, -0.1) is 0 Å². The molecule has 102 valence electrons. The molecule has 0 spiro atoms. The molecule has 2 heterocycles. The summed E-state index contributed by atoms with van der Waals surface area (Å²) < 4.78 is 26.7. The van der Waals surface area contributed by atoms with Crippen LogP contribution in [0.15, 0.2) is 53.4 Å². The van der Waals surface area contributed by atoms with Gasteiger partial charge in [-0.2, -0.15) is 0 Å². The fourth-order valence-corrected chi connectivity index (χ4v) is 3.90. The van der Waals surface area contributed by atoms with Gasteiger partial charge in [0.25, 0.3) is 10.0 Å². The summed E-state index contributed by atoms with van der Waals surface area (Å²) in [7, 11) is -3.63. The number of aryl methyl sites for hydroxylation is 1. The van der Waals surface area contributed by atoms with Gasteiger partial charge in [-0.05, 0) is 37.3 Å². The van der Waals surface area contributed by atoms with Crippen LogP contribution in [-0.4, -0.2) is 17.4 Å². The van der Waals surface area contributed by atoms with E-state index in [9.17, 15) is 8.42 Å². The number of halogens is 1. The zero-order valence-electron chi connectivity index (χ0n) is 10.6. The second kappa shape index (κ2) is 4.61. The number of nitrogens with zero attached hydrogens (tertiary/aromatic N) is 2. The molecule has 20 heavy (non-hydrogen) atoms. The van der Waals surface area contributed by atoms with Gasteiger partial charge < -0.3 is 0 Å². The first-order valence-electron chi connectivity index (χ1n) is 5.95. The van der Waals surface area contributed by atoms with Crippen molar-refractivity contribution in [2.24, 2.45) is 0 Å². The average Bonchev–Trinajstić information content (AvgIpc) is 2.75. The molecule has 0 saturated heterocycles. The predicted octanol–water partition coefficient (Wildman–Crippen LogP) is 3.24. The van der Waals surface area contributed by atoms with Gasteiger partial charge in [0.1, 0.15) is 5.15 Å². The van der Waals surface area contributed by atoms with Crippen molar-refractivity contribution < 1.29 is 8.42 Å². The van der Waals surface area contributed by atoms with Gasteiger partial charge in [-0.1, -0.05) is 29.8 Å². The summed E-state index contributed by atoms with van der Waals surface area (Å²) in [5, 5.41) is 0.340. The van der Waals surface area contributed by atoms with Gasteiger partial charge in [-0.3, -0.25) is 0 Å². The van der Waals surface area contributed by atoms with Crippen molar-refractivity contribution in [2.75, 3.05) is 0 Å². The lowest BCUT2D eigenvalue weighted by Crippen LogP contribution is -2.14. The SMILES string of the molecule is Cc1cc2nc(Cl)ccc2n1S(=O)(=O)c1ccccc1. The summed E-state index contributed by atoms with van der Waals surface area (Å²) in [6.07, 6.45) is 0. The first-order valence-corrected chi connectivity index (χ1v) is 7.77. The molecular weight excluding hydrogens is 296 g/mol. The Morgan fingerprint density at radius 3 is 2.50 bits per heavy atom. The van der Waals surface area contributed by atoms with E-state index in [1.54, 1.807) is 55.5 Å². The van der Waals surface area contributed by atoms with Crippen molar-refractivity contribution >= 4 is 32.7 Å². The average molecular weight is 307 g/mol. The van der Waals surface area contributed by atoms with Crippen molar-refractivity contribution in [3.05, 3.63) is 59.4 Å². The van der Waals surface area contributed by atoms with E-state index >= 15 is 0 Å². The van der Waals surface area contributed by atoms with E-state index in [0.717, 1.165) is 0 Å². The fourth-order valence-electron chi connectivity index (χ4n) is 2.18. The van der Waals surface area contributed by atoms with Gasteiger partial charge in [0.15, 0.2) is 0 Å². The highest BCUT2D eigenvalue weighted by Gasteiger charge is 2.21. The summed E-state index contributed by atoms with van der Waals surface area (Å²) in [5.41, 5.74) is 1.68. The number of aromatic nitrogens is 2. The van der Waals surface area contributed by atoms with E-state index in [4.69, 9.17) is 11.6 Å². The van der Waals surface area contributed by atoms with Gasteiger partial charge in [0, 0.05) is 5.69 Å². The molecule has 6 heteroatoms. The molecule has 0 unspecified atom stereocenters. The maximum absolute atomic E-state index is 12.7. The fraction of sp³-hybridized carbons (Fsp3) is 0.0714. The summed E-state index contributed by atoms with van der Waals surface area (Å²) in [6, 6.07) is 13.3. The van der Waals surface area contributed by atoms with Gasteiger partial charge in [0.2, 0.25) is 0 Å². The van der Waals surface area contributed by atoms with Crippen LogP contribution < -0.4 is 0 Å². The highest BCUT2D eigenvalue weighted by Crippen LogP contribution is 2.25. The third-order valence-corrected chi connectivity index (χ3v) is 5.08. The summed E-state index contributed by atoms with van der Waals surface area (Å²) in [4.78, 5) is 4.39. The van der Waals surface area contributed by atoms with Crippen molar-refractivity contribution in [3.8, 4) is 0 Å². The highest BCUT2D eigenvalue weighted by atomic mass is 35.5. The molecule has 3 rings (SSSR count). The molecule has 0 saturated carbocycles.